The summed E-state index contributed by atoms with van der Waals surface area (Å²) in [6.45, 7) is 4.24. The first-order chi connectivity index (χ1) is 7.46. The number of carboxylic acid groups (broad SMARTS) is 1. The lowest BCUT2D eigenvalue weighted by Gasteiger charge is -2.21. The molecule has 16 heavy (non-hydrogen) atoms. The predicted octanol–water partition coefficient (Wildman–Crippen LogP) is 1.54. The van der Waals surface area contributed by atoms with Crippen LogP contribution in [0.3, 0.4) is 0 Å². The predicted molar refractivity (Wildman–Crippen MR) is 60.4 cm³/mol. The van der Waals surface area contributed by atoms with E-state index >= 15 is 0 Å². The van der Waals surface area contributed by atoms with Crippen LogP contribution < -0.4 is 5.32 Å². The SMILES string of the molecule is CC1(C)CCC(CC2CCC(C(=O)O)N2)O1. The molecule has 2 heterocycles. The Morgan fingerprint density at radius 1 is 1.44 bits per heavy atom. The first kappa shape index (κ1) is 11.9. The van der Waals surface area contributed by atoms with E-state index in [2.05, 4.69) is 19.2 Å². The average Bonchev–Trinajstić information content (AvgIpc) is 2.73. The number of hydrogen-bond acceptors (Lipinski definition) is 3. The van der Waals surface area contributed by atoms with Crippen LogP contribution in [0.15, 0.2) is 0 Å². The minimum absolute atomic E-state index is 0.00940. The Hall–Kier alpha value is -0.610. The van der Waals surface area contributed by atoms with Crippen LogP contribution in [-0.2, 0) is 9.53 Å². The van der Waals surface area contributed by atoms with Crippen molar-refractivity contribution in [1.29, 1.82) is 0 Å². The zero-order valence-electron chi connectivity index (χ0n) is 10.0. The van der Waals surface area contributed by atoms with E-state index in [4.69, 9.17) is 9.84 Å². The van der Waals surface area contributed by atoms with E-state index in [9.17, 15) is 4.79 Å². The third kappa shape index (κ3) is 2.74. The molecule has 2 aliphatic rings. The van der Waals surface area contributed by atoms with Gasteiger partial charge in [-0.3, -0.25) is 4.79 Å². The smallest absolute Gasteiger partial charge is 0.320 e. The van der Waals surface area contributed by atoms with Crippen LogP contribution in [0.5, 0.6) is 0 Å². The summed E-state index contributed by atoms with van der Waals surface area (Å²) < 4.78 is 5.92. The summed E-state index contributed by atoms with van der Waals surface area (Å²) >= 11 is 0. The van der Waals surface area contributed by atoms with Gasteiger partial charge >= 0.3 is 5.97 Å². The molecule has 0 amide bonds. The normalized spacial score (nSPS) is 37.8. The third-order valence-electron chi connectivity index (χ3n) is 3.64. The van der Waals surface area contributed by atoms with Gasteiger partial charge in [-0.2, -0.15) is 0 Å². The summed E-state index contributed by atoms with van der Waals surface area (Å²) in [6.07, 6.45) is 5.16. The average molecular weight is 227 g/mol. The first-order valence-electron chi connectivity index (χ1n) is 6.13. The van der Waals surface area contributed by atoms with E-state index in [1.165, 1.54) is 0 Å². The number of nitrogens with one attached hydrogen (secondary N) is 1. The van der Waals surface area contributed by atoms with Crippen molar-refractivity contribution in [2.45, 2.75) is 69.7 Å². The lowest BCUT2D eigenvalue weighted by molar-refractivity contribution is -0.139. The van der Waals surface area contributed by atoms with Crippen molar-refractivity contribution in [3.05, 3.63) is 0 Å². The Bertz CT molecular complexity index is 277. The van der Waals surface area contributed by atoms with Gasteiger partial charge in [0.15, 0.2) is 0 Å². The van der Waals surface area contributed by atoms with Gasteiger partial charge in [-0.05, 0) is 46.0 Å². The van der Waals surface area contributed by atoms with Gasteiger partial charge in [0.2, 0.25) is 0 Å². The molecule has 2 aliphatic heterocycles. The molecule has 4 heteroatoms. The van der Waals surface area contributed by atoms with Crippen molar-refractivity contribution in [3.8, 4) is 0 Å². The molecule has 3 atom stereocenters. The second-order valence-corrected chi connectivity index (χ2v) is 5.61. The van der Waals surface area contributed by atoms with E-state index < -0.39 is 5.97 Å². The standard InChI is InChI=1S/C12H21NO3/c1-12(2)6-5-9(16-12)7-8-3-4-10(13-8)11(14)15/h8-10,13H,3-7H2,1-2H3,(H,14,15). The Morgan fingerprint density at radius 3 is 2.69 bits per heavy atom. The van der Waals surface area contributed by atoms with Gasteiger partial charge < -0.3 is 15.2 Å². The fourth-order valence-electron chi connectivity index (χ4n) is 2.76. The molecule has 2 fully saturated rings. The molecule has 92 valence electrons. The van der Waals surface area contributed by atoms with E-state index in [0.717, 1.165) is 32.1 Å². The van der Waals surface area contributed by atoms with Crippen LogP contribution in [0.2, 0.25) is 0 Å². The molecular formula is C12H21NO3. The highest BCUT2D eigenvalue weighted by Crippen LogP contribution is 2.32. The Labute approximate surface area is 96.4 Å². The molecular weight excluding hydrogens is 206 g/mol. The number of aliphatic carboxylic acids is 1. The van der Waals surface area contributed by atoms with Crippen LogP contribution in [0.4, 0.5) is 0 Å². The van der Waals surface area contributed by atoms with Crippen LogP contribution >= 0.6 is 0 Å². The number of rotatable bonds is 3. The fraction of sp³-hybridized carbons (Fsp3) is 0.917. The highest BCUT2D eigenvalue weighted by molar-refractivity contribution is 5.73. The lowest BCUT2D eigenvalue weighted by Crippen LogP contribution is -2.37. The topological polar surface area (TPSA) is 58.6 Å². The number of hydrogen-bond donors (Lipinski definition) is 2. The Kier molecular flexibility index (Phi) is 3.22. The van der Waals surface area contributed by atoms with E-state index in [1.807, 2.05) is 0 Å². The molecule has 0 radical (unpaired) electrons. The van der Waals surface area contributed by atoms with Crippen LogP contribution in [-0.4, -0.2) is 34.9 Å². The van der Waals surface area contributed by atoms with Gasteiger partial charge in [0.05, 0.1) is 11.7 Å². The van der Waals surface area contributed by atoms with Crippen LogP contribution in [0.1, 0.15) is 46.0 Å². The number of carbonyl (C=O) groups is 1. The van der Waals surface area contributed by atoms with E-state index in [-0.39, 0.29) is 11.6 Å². The lowest BCUT2D eigenvalue weighted by atomic mass is 10.0. The maximum atomic E-state index is 10.8. The van der Waals surface area contributed by atoms with Gasteiger partial charge in [-0.25, -0.2) is 0 Å². The van der Waals surface area contributed by atoms with Crippen molar-refractivity contribution >= 4 is 5.97 Å². The molecule has 0 aliphatic carbocycles. The van der Waals surface area contributed by atoms with Gasteiger partial charge in [0.25, 0.3) is 0 Å². The largest absolute Gasteiger partial charge is 0.480 e. The van der Waals surface area contributed by atoms with Gasteiger partial charge in [-0.1, -0.05) is 0 Å². The van der Waals surface area contributed by atoms with Crippen molar-refractivity contribution in [1.82, 2.24) is 5.32 Å². The summed E-state index contributed by atoms with van der Waals surface area (Å²) in [4.78, 5) is 10.8. The summed E-state index contributed by atoms with van der Waals surface area (Å²) in [7, 11) is 0. The molecule has 0 aromatic heterocycles. The van der Waals surface area contributed by atoms with Gasteiger partial charge in [-0.15, -0.1) is 0 Å². The monoisotopic (exact) mass is 227 g/mol. The van der Waals surface area contributed by atoms with Crippen molar-refractivity contribution in [3.63, 3.8) is 0 Å². The van der Waals surface area contributed by atoms with Crippen molar-refractivity contribution in [2.75, 3.05) is 0 Å². The Morgan fingerprint density at radius 2 is 2.19 bits per heavy atom. The minimum atomic E-state index is -0.727. The summed E-state index contributed by atoms with van der Waals surface area (Å²) in [6, 6.07) is -0.0283. The number of carboxylic acids is 1. The molecule has 0 aromatic rings. The van der Waals surface area contributed by atoms with E-state index in [0.29, 0.717) is 12.1 Å². The quantitative estimate of drug-likeness (QED) is 0.768. The van der Waals surface area contributed by atoms with Crippen molar-refractivity contribution < 1.29 is 14.6 Å². The molecule has 0 spiro atoms. The van der Waals surface area contributed by atoms with Crippen molar-refractivity contribution in [2.24, 2.45) is 0 Å². The summed E-state index contributed by atoms with van der Waals surface area (Å²) in [5, 5.41) is 12.0. The van der Waals surface area contributed by atoms with Crippen LogP contribution in [0, 0.1) is 0 Å². The van der Waals surface area contributed by atoms with Crippen LogP contribution in [0.25, 0.3) is 0 Å². The maximum absolute atomic E-state index is 10.8. The zero-order valence-corrected chi connectivity index (χ0v) is 10.0. The highest BCUT2D eigenvalue weighted by Gasteiger charge is 2.35. The van der Waals surface area contributed by atoms with Gasteiger partial charge in [0, 0.05) is 6.04 Å². The molecule has 0 bridgehead atoms. The third-order valence-corrected chi connectivity index (χ3v) is 3.64. The Balaban J connectivity index is 1.78. The maximum Gasteiger partial charge on any atom is 0.320 e. The highest BCUT2D eigenvalue weighted by atomic mass is 16.5. The summed E-state index contributed by atoms with van der Waals surface area (Å²) in [5.41, 5.74) is 0.00940. The summed E-state index contributed by atoms with van der Waals surface area (Å²) in [5.74, 6) is -0.727. The minimum Gasteiger partial charge on any atom is -0.480 e. The second-order valence-electron chi connectivity index (χ2n) is 5.61. The molecule has 2 rings (SSSR count). The van der Waals surface area contributed by atoms with Gasteiger partial charge in [0.1, 0.15) is 6.04 Å². The molecule has 2 N–H and O–H groups in total. The zero-order chi connectivity index (χ0) is 11.8. The number of ether oxygens (including phenoxy) is 1. The van der Waals surface area contributed by atoms with E-state index in [1.54, 1.807) is 0 Å². The molecule has 0 aromatic carbocycles. The molecule has 2 saturated heterocycles. The second kappa shape index (κ2) is 4.34. The molecule has 3 unspecified atom stereocenters. The fourth-order valence-corrected chi connectivity index (χ4v) is 2.76. The molecule has 4 nitrogen and oxygen atoms in total. The first-order valence-corrected chi connectivity index (χ1v) is 6.13. The molecule has 0 saturated carbocycles.